The number of carbonyl (C=O) groups is 1. The first-order valence-electron chi connectivity index (χ1n) is 9.13. The zero-order valence-corrected chi connectivity index (χ0v) is 14.6. The molecule has 0 saturated heterocycles. The van der Waals surface area contributed by atoms with Crippen LogP contribution in [-0.2, 0) is 16.0 Å². The van der Waals surface area contributed by atoms with Crippen molar-refractivity contribution in [3.63, 3.8) is 0 Å². The molecule has 1 unspecified atom stereocenters. The molecule has 0 bridgehead atoms. The van der Waals surface area contributed by atoms with Gasteiger partial charge < -0.3 is 15.5 Å². The molecule has 0 fully saturated rings. The van der Waals surface area contributed by atoms with E-state index in [1.165, 1.54) is 51.4 Å². The average molecular weight is 323 g/mol. The van der Waals surface area contributed by atoms with Crippen LogP contribution in [0.15, 0.2) is 12.5 Å². The van der Waals surface area contributed by atoms with Crippen LogP contribution in [0, 0.1) is 0 Å². The SMILES string of the molecule is CCCCCCCCCCCCOC(=O)C(N)Cc1cnc[nH]1. The van der Waals surface area contributed by atoms with E-state index in [-0.39, 0.29) is 5.97 Å². The van der Waals surface area contributed by atoms with Crippen LogP contribution in [0.25, 0.3) is 0 Å². The molecule has 1 aromatic rings. The number of hydrogen-bond donors (Lipinski definition) is 2. The van der Waals surface area contributed by atoms with Crippen LogP contribution in [-0.4, -0.2) is 28.6 Å². The molecule has 1 aromatic heterocycles. The number of nitrogens with one attached hydrogen (secondary N) is 1. The third-order valence-electron chi connectivity index (χ3n) is 4.04. The van der Waals surface area contributed by atoms with E-state index in [1.54, 1.807) is 12.5 Å². The number of ether oxygens (including phenoxy) is 1. The number of aromatic amines is 1. The Hall–Kier alpha value is -1.36. The lowest BCUT2D eigenvalue weighted by Gasteiger charge is -2.10. The summed E-state index contributed by atoms with van der Waals surface area (Å²) in [4.78, 5) is 18.6. The molecular formula is C18H33N3O2. The molecule has 0 aromatic carbocycles. The molecule has 0 amide bonds. The van der Waals surface area contributed by atoms with Crippen molar-refractivity contribution in [3.8, 4) is 0 Å². The number of carbonyl (C=O) groups excluding carboxylic acids is 1. The first-order chi connectivity index (χ1) is 11.2. The standard InChI is InChI=1S/C18H33N3O2/c1-2-3-4-5-6-7-8-9-10-11-12-23-18(22)17(19)13-16-14-20-15-21-16/h14-15,17H,2-13,19H2,1H3,(H,20,21). The predicted octanol–water partition coefficient (Wildman–Crippen LogP) is 3.74. The van der Waals surface area contributed by atoms with Gasteiger partial charge in [-0.05, 0) is 6.42 Å². The molecule has 1 atom stereocenters. The van der Waals surface area contributed by atoms with Crippen LogP contribution in [0.5, 0.6) is 0 Å². The molecule has 0 aliphatic rings. The van der Waals surface area contributed by atoms with Crippen LogP contribution >= 0.6 is 0 Å². The third-order valence-corrected chi connectivity index (χ3v) is 4.04. The van der Waals surface area contributed by atoms with Gasteiger partial charge in [-0.25, -0.2) is 4.98 Å². The van der Waals surface area contributed by atoms with Gasteiger partial charge in [0, 0.05) is 18.3 Å². The molecule has 1 rings (SSSR count). The van der Waals surface area contributed by atoms with Crippen molar-refractivity contribution >= 4 is 5.97 Å². The number of esters is 1. The lowest BCUT2D eigenvalue weighted by atomic mass is 10.1. The van der Waals surface area contributed by atoms with Gasteiger partial charge in [-0.3, -0.25) is 4.79 Å². The van der Waals surface area contributed by atoms with E-state index in [1.807, 2.05) is 0 Å². The first-order valence-corrected chi connectivity index (χ1v) is 9.13. The van der Waals surface area contributed by atoms with Crippen LogP contribution in [0.1, 0.15) is 76.8 Å². The topological polar surface area (TPSA) is 81.0 Å². The molecule has 0 saturated carbocycles. The Labute approximate surface area is 140 Å². The Kier molecular flexibility index (Phi) is 11.2. The second kappa shape index (κ2) is 13.1. The van der Waals surface area contributed by atoms with Crippen molar-refractivity contribution in [1.82, 2.24) is 9.97 Å². The maximum Gasteiger partial charge on any atom is 0.323 e. The smallest absolute Gasteiger partial charge is 0.323 e. The van der Waals surface area contributed by atoms with Gasteiger partial charge in [-0.15, -0.1) is 0 Å². The molecule has 0 aliphatic heterocycles. The van der Waals surface area contributed by atoms with Gasteiger partial charge in [-0.1, -0.05) is 64.7 Å². The summed E-state index contributed by atoms with van der Waals surface area (Å²) in [6, 6.07) is -0.612. The van der Waals surface area contributed by atoms with Crippen molar-refractivity contribution < 1.29 is 9.53 Å². The minimum absolute atomic E-state index is 0.324. The van der Waals surface area contributed by atoms with E-state index in [4.69, 9.17) is 10.5 Å². The molecule has 132 valence electrons. The monoisotopic (exact) mass is 323 g/mol. The molecule has 23 heavy (non-hydrogen) atoms. The summed E-state index contributed by atoms with van der Waals surface area (Å²) in [6.07, 6.45) is 16.4. The number of rotatable bonds is 14. The van der Waals surface area contributed by atoms with Crippen LogP contribution in [0.2, 0.25) is 0 Å². The highest BCUT2D eigenvalue weighted by Gasteiger charge is 2.15. The number of aromatic nitrogens is 2. The minimum atomic E-state index is -0.612. The maximum absolute atomic E-state index is 11.7. The van der Waals surface area contributed by atoms with E-state index in [2.05, 4.69) is 16.9 Å². The van der Waals surface area contributed by atoms with E-state index in [0.717, 1.165) is 18.5 Å². The Morgan fingerprint density at radius 2 is 1.74 bits per heavy atom. The van der Waals surface area contributed by atoms with Crippen molar-refractivity contribution in [2.45, 2.75) is 83.6 Å². The molecular weight excluding hydrogens is 290 g/mol. The van der Waals surface area contributed by atoms with Gasteiger partial charge in [-0.2, -0.15) is 0 Å². The lowest BCUT2D eigenvalue weighted by Crippen LogP contribution is -2.34. The minimum Gasteiger partial charge on any atom is -0.465 e. The number of unbranched alkanes of at least 4 members (excludes halogenated alkanes) is 9. The number of nitrogens with two attached hydrogens (primary N) is 1. The fraction of sp³-hybridized carbons (Fsp3) is 0.778. The zero-order chi connectivity index (χ0) is 16.8. The summed E-state index contributed by atoms with van der Waals surface area (Å²) in [5, 5.41) is 0. The van der Waals surface area contributed by atoms with Crippen molar-refractivity contribution in [2.75, 3.05) is 6.61 Å². The van der Waals surface area contributed by atoms with Gasteiger partial charge >= 0.3 is 5.97 Å². The summed E-state index contributed by atoms with van der Waals surface area (Å²) in [5.41, 5.74) is 6.67. The van der Waals surface area contributed by atoms with Crippen molar-refractivity contribution in [1.29, 1.82) is 0 Å². The predicted molar refractivity (Wildman–Crippen MR) is 93.1 cm³/mol. The molecule has 0 spiro atoms. The summed E-state index contributed by atoms with van der Waals surface area (Å²) >= 11 is 0. The Morgan fingerprint density at radius 3 is 2.30 bits per heavy atom. The van der Waals surface area contributed by atoms with Crippen molar-refractivity contribution in [3.05, 3.63) is 18.2 Å². The summed E-state index contributed by atoms with van der Waals surface area (Å²) in [7, 11) is 0. The van der Waals surface area contributed by atoms with Crippen LogP contribution < -0.4 is 5.73 Å². The highest BCUT2D eigenvalue weighted by atomic mass is 16.5. The highest BCUT2D eigenvalue weighted by molar-refractivity contribution is 5.75. The van der Waals surface area contributed by atoms with Gasteiger partial charge in [0.1, 0.15) is 6.04 Å². The first kappa shape index (κ1) is 19.7. The van der Waals surface area contributed by atoms with E-state index >= 15 is 0 Å². The zero-order valence-electron chi connectivity index (χ0n) is 14.6. The van der Waals surface area contributed by atoms with E-state index < -0.39 is 6.04 Å². The molecule has 5 nitrogen and oxygen atoms in total. The third kappa shape index (κ3) is 10.1. The Morgan fingerprint density at radius 1 is 1.13 bits per heavy atom. The normalized spacial score (nSPS) is 12.3. The van der Waals surface area contributed by atoms with E-state index in [0.29, 0.717) is 13.0 Å². The van der Waals surface area contributed by atoms with Gasteiger partial charge in [0.05, 0.1) is 12.9 Å². The van der Waals surface area contributed by atoms with Crippen molar-refractivity contribution in [2.24, 2.45) is 5.73 Å². The highest BCUT2D eigenvalue weighted by Crippen LogP contribution is 2.10. The summed E-state index contributed by atoms with van der Waals surface area (Å²) < 4.78 is 5.23. The van der Waals surface area contributed by atoms with Gasteiger partial charge in [0.25, 0.3) is 0 Å². The molecule has 5 heteroatoms. The second-order valence-electron chi connectivity index (χ2n) is 6.24. The Bertz CT molecular complexity index is 393. The summed E-state index contributed by atoms with van der Waals surface area (Å²) in [6.45, 7) is 2.73. The fourth-order valence-electron chi connectivity index (χ4n) is 2.59. The van der Waals surface area contributed by atoms with Gasteiger partial charge in [0.2, 0.25) is 0 Å². The lowest BCUT2D eigenvalue weighted by molar-refractivity contribution is -0.145. The van der Waals surface area contributed by atoms with E-state index in [9.17, 15) is 4.79 Å². The molecule has 1 heterocycles. The second-order valence-corrected chi connectivity index (χ2v) is 6.24. The largest absolute Gasteiger partial charge is 0.465 e. The quantitative estimate of drug-likeness (QED) is 0.403. The molecule has 0 radical (unpaired) electrons. The fourth-order valence-corrected chi connectivity index (χ4v) is 2.59. The number of imidazole rings is 1. The number of hydrogen-bond acceptors (Lipinski definition) is 4. The van der Waals surface area contributed by atoms with Crippen LogP contribution in [0.3, 0.4) is 0 Å². The van der Waals surface area contributed by atoms with Gasteiger partial charge in [0.15, 0.2) is 0 Å². The number of nitrogens with zero attached hydrogens (tertiary/aromatic N) is 1. The molecule has 0 aliphatic carbocycles. The molecule has 3 N–H and O–H groups in total. The maximum atomic E-state index is 11.7. The summed E-state index contributed by atoms with van der Waals surface area (Å²) in [5.74, 6) is -0.324. The number of H-pyrrole nitrogens is 1. The Balaban J connectivity index is 1.89. The van der Waals surface area contributed by atoms with Crippen LogP contribution in [0.4, 0.5) is 0 Å². The average Bonchev–Trinajstić information content (AvgIpc) is 3.05.